The van der Waals surface area contributed by atoms with E-state index in [2.05, 4.69) is 5.32 Å². The van der Waals surface area contributed by atoms with Crippen molar-refractivity contribution >= 4 is 46.2 Å². The van der Waals surface area contributed by atoms with Gasteiger partial charge in [0.25, 0.3) is 0 Å². The number of nitrogens with one attached hydrogen (secondary N) is 1. The lowest BCUT2D eigenvalue weighted by atomic mass is 9.86. The molecular formula is C23H22Cl2F3N3S. The molecule has 1 aliphatic heterocycles. The summed E-state index contributed by atoms with van der Waals surface area (Å²) in [6, 6.07) is 15.0. The summed E-state index contributed by atoms with van der Waals surface area (Å²) in [7, 11) is 0. The second-order valence-corrected chi connectivity index (χ2v) is 9.48. The van der Waals surface area contributed by atoms with E-state index in [0.717, 1.165) is 16.8 Å². The predicted molar refractivity (Wildman–Crippen MR) is 126 cm³/mol. The molecule has 1 aliphatic carbocycles. The molecule has 0 amide bonds. The van der Waals surface area contributed by atoms with Crippen molar-refractivity contribution in [2.45, 2.75) is 43.8 Å². The molecule has 1 N–H and O–H groups in total. The highest BCUT2D eigenvalue weighted by molar-refractivity contribution is 7.80. The molecule has 0 aromatic heterocycles. The molecule has 0 saturated heterocycles. The van der Waals surface area contributed by atoms with E-state index in [0.29, 0.717) is 34.5 Å². The number of hydrogen-bond donors (Lipinski definition) is 1. The number of alkyl halides is 3. The number of hydrazone groups is 1. The first-order valence-electron chi connectivity index (χ1n) is 10.5. The van der Waals surface area contributed by atoms with Crippen LogP contribution in [0.5, 0.6) is 0 Å². The zero-order valence-corrected chi connectivity index (χ0v) is 19.4. The Morgan fingerprint density at radius 1 is 0.938 bits per heavy atom. The van der Waals surface area contributed by atoms with Crippen LogP contribution in [-0.2, 0) is 0 Å². The largest absolute Gasteiger partial charge is 0.391 e. The molecule has 2 aliphatic rings. The van der Waals surface area contributed by atoms with Crippen LogP contribution in [0.25, 0.3) is 0 Å². The lowest BCUT2D eigenvalue weighted by Crippen LogP contribution is -2.44. The van der Waals surface area contributed by atoms with Gasteiger partial charge in [-0.25, -0.2) is 5.01 Å². The van der Waals surface area contributed by atoms with Gasteiger partial charge in [-0.2, -0.15) is 18.3 Å². The van der Waals surface area contributed by atoms with Gasteiger partial charge in [-0.1, -0.05) is 47.5 Å². The summed E-state index contributed by atoms with van der Waals surface area (Å²) >= 11 is 17.7. The van der Waals surface area contributed by atoms with Crippen LogP contribution in [0.4, 0.5) is 13.2 Å². The van der Waals surface area contributed by atoms with Gasteiger partial charge < -0.3 is 5.32 Å². The number of benzene rings is 2. The van der Waals surface area contributed by atoms with E-state index in [1.807, 2.05) is 48.5 Å². The van der Waals surface area contributed by atoms with Crippen molar-refractivity contribution in [2.75, 3.05) is 6.54 Å². The minimum atomic E-state index is -4.12. The lowest BCUT2D eigenvalue weighted by Gasteiger charge is -2.32. The fourth-order valence-corrected chi connectivity index (χ4v) is 4.81. The van der Waals surface area contributed by atoms with Crippen molar-refractivity contribution < 1.29 is 13.2 Å². The van der Waals surface area contributed by atoms with Crippen molar-refractivity contribution in [3.8, 4) is 0 Å². The normalized spacial score (nSPS) is 23.7. The number of thiocarbonyl (C=S) groups is 1. The van der Waals surface area contributed by atoms with Crippen molar-refractivity contribution in [2.24, 2.45) is 11.0 Å². The van der Waals surface area contributed by atoms with Gasteiger partial charge in [0.05, 0.1) is 18.2 Å². The third-order valence-corrected chi connectivity index (χ3v) is 6.91. The zero-order chi connectivity index (χ0) is 22.9. The third-order valence-electron chi connectivity index (χ3n) is 6.08. The molecule has 2 aromatic rings. The van der Waals surface area contributed by atoms with Crippen LogP contribution >= 0.6 is 35.4 Å². The maximum absolute atomic E-state index is 12.9. The van der Waals surface area contributed by atoms with Crippen molar-refractivity contribution in [3.05, 3.63) is 69.7 Å². The van der Waals surface area contributed by atoms with E-state index in [4.69, 9.17) is 40.5 Å². The summed E-state index contributed by atoms with van der Waals surface area (Å²) in [6.45, 7) is 0.531. The SMILES string of the molecule is FC(F)(F)C1CCC(NC(=S)N2CC(c3ccc(Cl)cc3)C(c3ccc(Cl)cc3)=N2)CC1. The molecule has 1 atom stereocenters. The number of halogens is 5. The maximum Gasteiger partial charge on any atom is 0.391 e. The maximum atomic E-state index is 12.9. The molecule has 2 aromatic carbocycles. The summed E-state index contributed by atoms with van der Waals surface area (Å²) in [5, 5.41) is 11.5. The Morgan fingerprint density at radius 2 is 1.50 bits per heavy atom. The molecule has 0 spiro atoms. The predicted octanol–water partition coefficient (Wildman–Crippen LogP) is 6.79. The van der Waals surface area contributed by atoms with Crippen LogP contribution in [0.15, 0.2) is 53.6 Å². The van der Waals surface area contributed by atoms with Gasteiger partial charge >= 0.3 is 6.18 Å². The van der Waals surface area contributed by atoms with Crippen LogP contribution in [0, 0.1) is 5.92 Å². The minimum absolute atomic E-state index is 0.0332. The molecule has 32 heavy (non-hydrogen) atoms. The van der Waals surface area contributed by atoms with Crippen LogP contribution in [0.3, 0.4) is 0 Å². The molecule has 0 radical (unpaired) electrons. The van der Waals surface area contributed by atoms with Gasteiger partial charge in [-0.05, 0) is 73.3 Å². The molecule has 170 valence electrons. The van der Waals surface area contributed by atoms with E-state index in [1.54, 1.807) is 5.01 Å². The molecule has 4 rings (SSSR count). The highest BCUT2D eigenvalue weighted by Crippen LogP contribution is 2.37. The first-order valence-corrected chi connectivity index (χ1v) is 11.6. The number of hydrogen-bond acceptors (Lipinski definition) is 2. The van der Waals surface area contributed by atoms with E-state index in [-0.39, 0.29) is 24.8 Å². The van der Waals surface area contributed by atoms with Crippen molar-refractivity contribution in [1.82, 2.24) is 10.3 Å². The van der Waals surface area contributed by atoms with E-state index >= 15 is 0 Å². The molecule has 1 unspecified atom stereocenters. The van der Waals surface area contributed by atoms with Gasteiger partial charge in [0, 0.05) is 22.0 Å². The van der Waals surface area contributed by atoms with Gasteiger partial charge in [-0.3, -0.25) is 0 Å². The average Bonchev–Trinajstić information content (AvgIpc) is 3.20. The van der Waals surface area contributed by atoms with Gasteiger partial charge in [0.1, 0.15) is 0 Å². The Labute approximate surface area is 200 Å². The van der Waals surface area contributed by atoms with E-state index < -0.39 is 12.1 Å². The first-order chi connectivity index (χ1) is 15.2. The average molecular weight is 500 g/mol. The Morgan fingerprint density at radius 3 is 2.06 bits per heavy atom. The van der Waals surface area contributed by atoms with Crippen LogP contribution in [0.2, 0.25) is 10.0 Å². The van der Waals surface area contributed by atoms with Crippen LogP contribution < -0.4 is 5.32 Å². The first kappa shape index (κ1) is 23.3. The second-order valence-electron chi connectivity index (χ2n) is 8.22. The molecular weight excluding hydrogens is 478 g/mol. The van der Waals surface area contributed by atoms with Crippen molar-refractivity contribution in [3.63, 3.8) is 0 Å². The molecule has 1 heterocycles. The Balaban J connectivity index is 1.49. The summed E-state index contributed by atoms with van der Waals surface area (Å²) in [4.78, 5) is 0. The summed E-state index contributed by atoms with van der Waals surface area (Å²) in [5.41, 5.74) is 2.85. The highest BCUT2D eigenvalue weighted by atomic mass is 35.5. The van der Waals surface area contributed by atoms with E-state index in [9.17, 15) is 13.2 Å². The topological polar surface area (TPSA) is 27.6 Å². The van der Waals surface area contributed by atoms with Crippen molar-refractivity contribution in [1.29, 1.82) is 0 Å². The fraction of sp³-hybridized carbons (Fsp3) is 0.391. The molecule has 1 saturated carbocycles. The van der Waals surface area contributed by atoms with Gasteiger partial charge in [-0.15, -0.1) is 0 Å². The smallest absolute Gasteiger partial charge is 0.358 e. The highest BCUT2D eigenvalue weighted by Gasteiger charge is 2.41. The molecule has 9 heteroatoms. The Kier molecular flexibility index (Phi) is 6.98. The van der Waals surface area contributed by atoms with Gasteiger partial charge in [0.15, 0.2) is 5.11 Å². The number of nitrogens with zero attached hydrogens (tertiary/aromatic N) is 2. The van der Waals surface area contributed by atoms with Crippen LogP contribution in [0.1, 0.15) is 42.7 Å². The minimum Gasteiger partial charge on any atom is -0.358 e. The Bertz CT molecular complexity index is 985. The standard InChI is InChI=1S/C23H22Cl2F3N3S/c24-17-7-1-14(2-8-17)20-13-31(30-21(20)15-3-9-18(25)10-4-15)22(32)29-19-11-5-16(6-12-19)23(26,27)28/h1-4,7-10,16,19-20H,5-6,11-13H2,(H,29,32). The summed E-state index contributed by atoms with van der Waals surface area (Å²) in [5.74, 6) is -1.25. The lowest BCUT2D eigenvalue weighted by molar-refractivity contribution is -0.182. The van der Waals surface area contributed by atoms with Gasteiger partial charge in [0.2, 0.25) is 0 Å². The molecule has 0 bridgehead atoms. The summed E-state index contributed by atoms with van der Waals surface area (Å²) < 4.78 is 38.8. The van der Waals surface area contributed by atoms with E-state index in [1.165, 1.54) is 0 Å². The Hall–Kier alpha value is -1.83. The fourth-order valence-electron chi connectivity index (χ4n) is 4.28. The quantitative estimate of drug-likeness (QED) is 0.471. The molecule has 1 fully saturated rings. The third kappa shape index (κ3) is 5.38. The second kappa shape index (κ2) is 9.57. The van der Waals surface area contributed by atoms with Crippen LogP contribution in [-0.4, -0.2) is 34.6 Å². The zero-order valence-electron chi connectivity index (χ0n) is 17.1. The monoisotopic (exact) mass is 499 g/mol. The molecule has 3 nitrogen and oxygen atoms in total. The number of rotatable bonds is 3. The summed E-state index contributed by atoms with van der Waals surface area (Å²) in [6.07, 6.45) is -3.00.